The van der Waals surface area contributed by atoms with Gasteiger partial charge in [-0.2, -0.15) is 5.10 Å². The largest absolute Gasteiger partial charge is 0.486 e. The molecule has 4 heterocycles. The van der Waals surface area contributed by atoms with E-state index in [1.807, 2.05) is 62.2 Å². The number of aromatic amines is 1. The summed E-state index contributed by atoms with van der Waals surface area (Å²) in [6, 6.07) is 7.95. The van der Waals surface area contributed by atoms with Crippen molar-refractivity contribution in [2.24, 2.45) is 14.1 Å². The van der Waals surface area contributed by atoms with E-state index in [0.29, 0.717) is 12.4 Å². The molecule has 5 aromatic rings. The molecule has 4 aromatic heterocycles. The average Bonchev–Trinajstić information content (AvgIpc) is 3.56. The van der Waals surface area contributed by atoms with Gasteiger partial charge in [-0.25, -0.2) is 9.97 Å². The van der Waals surface area contributed by atoms with Crippen molar-refractivity contribution >= 4 is 22.6 Å². The van der Waals surface area contributed by atoms with Gasteiger partial charge in [0, 0.05) is 42.5 Å². The fraction of sp³-hybridized carbons (Fsp3) is 0.154. The van der Waals surface area contributed by atoms with Gasteiger partial charge in [0.1, 0.15) is 18.0 Å². The number of nitrogens with zero attached hydrogens (tertiary/aromatic N) is 5. The highest BCUT2D eigenvalue weighted by Gasteiger charge is 2.19. The second-order valence-electron chi connectivity index (χ2n) is 8.35. The standard InChI is InChI=1S/C26H25N7O2/c1-5-23(34)30-22-8-17(7-6-16(22)2)24-21-9-20(35-14-19-11-27-15-32(19)3)12-28-26(21)31-25(24)18-10-29-33(4)13-18/h5-13,15H,1,14H2,2-4H3,(H,28,31)(H,30,34). The molecule has 0 aliphatic heterocycles. The topological polar surface area (TPSA) is 103 Å². The summed E-state index contributed by atoms with van der Waals surface area (Å²) in [5, 5.41) is 8.13. The van der Waals surface area contributed by atoms with Crippen molar-refractivity contribution in [3.63, 3.8) is 0 Å². The fourth-order valence-electron chi connectivity index (χ4n) is 3.97. The number of nitrogens with one attached hydrogen (secondary N) is 2. The van der Waals surface area contributed by atoms with E-state index in [1.165, 1.54) is 6.08 Å². The molecule has 5 rings (SSSR count). The van der Waals surface area contributed by atoms with Crippen LogP contribution in [-0.2, 0) is 25.5 Å². The van der Waals surface area contributed by atoms with Crippen LogP contribution in [0.25, 0.3) is 33.4 Å². The van der Waals surface area contributed by atoms with Crippen LogP contribution in [0.15, 0.2) is 68.0 Å². The van der Waals surface area contributed by atoms with E-state index in [4.69, 9.17) is 4.74 Å². The van der Waals surface area contributed by atoms with Gasteiger partial charge in [-0.1, -0.05) is 18.7 Å². The predicted molar refractivity (Wildman–Crippen MR) is 135 cm³/mol. The normalized spacial score (nSPS) is 11.1. The number of fused-ring (bicyclic) bond motifs is 1. The van der Waals surface area contributed by atoms with E-state index in [-0.39, 0.29) is 5.91 Å². The molecule has 0 fully saturated rings. The van der Waals surface area contributed by atoms with Gasteiger partial charge in [0.25, 0.3) is 0 Å². The minimum atomic E-state index is -0.260. The van der Waals surface area contributed by atoms with Crippen LogP contribution >= 0.6 is 0 Å². The van der Waals surface area contributed by atoms with E-state index in [1.54, 1.807) is 23.4 Å². The van der Waals surface area contributed by atoms with Crippen molar-refractivity contribution < 1.29 is 9.53 Å². The fourth-order valence-corrected chi connectivity index (χ4v) is 3.97. The zero-order valence-electron chi connectivity index (χ0n) is 19.7. The summed E-state index contributed by atoms with van der Waals surface area (Å²) < 4.78 is 9.71. The maximum atomic E-state index is 12.0. The molecule has 0 bridgehead atoms. The van der Waals surface area contributed by atoms with Gasteiger partial charge < -0.3 is 19.6 Å². The number of hydrogen-bond donors (Lipinski definition) is 2. The lowest BCUT2D eigenvalue weighted by Crippen LogP contribution is -2.08. The Labute approximate surface area is 202 Å². The van der Waals surface area contributed by atoms with Crippen molar-refractivity contribution in [3.05, 3.63) is 79.3 Å². The minimum Gasteiger partial charge on any atom is -0.486 e. The number of benzene rings is 1. The lowest BCUT2D eigenvalue weighted by molar-refractivity contribution is -0.111. The number of amides is 1. The van der Waals surface area contributed by atoms with Crippen LogP contribution in [-0.4, -0.2) is 35.2 Å². The number of carbonyl (C=O) groups excluding carboxylic acids is 1. The van der Waals surface area contributed by atoms with Crippen LogP contribution in [0.4, 0.5) is 5.69 Å². The average molecular weight is 468 g/mol. The van der Waals surface area contributed by atoms with E-state index in [9.17, 15) is 4.79 Å². The van der Waals surface area contributed by atoms with Crippen molar-refractivity contribution in [1.29, 1.82) is 0 Å². The second kappa shape index (κ2) is 8.94. The minimum absolute atomic E-state index is 0.260. The summed E-state index contributed by atoms with van der Waals surface area (Å²) in [4.78, 5) is 24.2. The molecule has 2 N–H and O–H groups in total. The summed E-state index contributed by atoms with van der Waals surface area (Å²) in [5.74, 6) is 0.383. The zero-order chi connectivity index (χ0) is 24.5. The highest BCUT2D eigenvalue weighted by atomic mass is 16.5. The summed E-state index contributed by atoms with van der Waals surface area (Å²) in [6.07, 6.45) is 10.2. The van der Waals surface area contributed by atoms with Crippen molar-refractivity contribution in [1.82, 2.24) is 29.3 Å². The Morgan fingerprint density at radius 1 is 1.20 bits per heavy atom. The Morgan fingerprint density at radius 3 is 2.77 bits per heavy atom. The van der Waals surface area contributed by atoms with E-state index >= 15 is 0 Å². The maximum absolute atomic E-state index is 12.0. The van der Waals surface area contributed by atoms with Crippen LogP contribution in [0.5, 0.6) is 5.75 Å². The second-order valence-corrected chi connectivity index (χ2v) is 8.35. The van der Waals surface area contributed by atoms with Gasteiger partial charge in [0.15, 0.2) is 0 Å². The highest BCUT2D eigenvalue weighted by molar-refractivity contribution is 6.04. The van der Waals surface area contributed by atoms with E-state index in [2.05, 4.69) is 31.9 Å². The molecular weight excluding hydrogens is 442 g/mol. The van der Waals surface area contributed by atoms with E-state index < -0.39 is 0 Å². The Morgan fingerprint density at radius 2 is 2.06 bits per heavy atom. The van der Waals surface area contributed by atoms with Crippen LogP contribution < -0.4 is 10.1 Å². The molecule has 0 saturated carbocycles. The van der Waals surface area contributed by atoms with Crippen LogP contribution in [0.2, 0.25) is 0 Å². The first-order valence-corrected chi connectivity index (χ1v) is 11.1. The Hall–Kier alpha value is -4.66. The SMILES string of the molecule is C=CC(=O)Nc1cc(-c2c(-c3cnn(C)c3)[nH]c3ncc(OCc4cncn4C)cc23)ccc1C. The first-order valence-electron chi connectivity index (χ1n) is 11.1. The molecule has 0 atom stereocenters. The van der Waals surface area contributed by atoms with Crippen LogP contribution in [0, 0.1) is 6.92 Å². The predicted octanol–water partition coefficient (Wildman–Crippen LogP) is 4.38. The third kappa shape index (κ3) is 4.31. The van der Waals surface area contributed by atoms with Crippen LogP contribution in [0.1, 0.15) is 11.3 Å². The summed E-state index contributed by atoms with van der Waals surface area (Å²) in [7, 11) is 3.81. The molecule has 1 amide bonds. The summed E-state index contributed by atoms with van der Waals surface area (Å²) in [5.41, 5.74) is 7.02. The summed E-state index contributed by atoms with van der Waals surface area (Å²) >= 11 is 0. The van der Waals surface area contributed by atoms with E-state index in [0.717, 1.165) is 50.4 Å². The molecule has 9 nitrogen and oxygen atoms in total. The monoisotopic (exact) mass is 467 g/mol. The molecule has 35 heavy (non-hydrogen) atoms. The number of rotatable bonds is 7. The van der Waals surface area contributed by atoms with Crippen molar-refractivity contribution in [3.8, 4) is 28.1 Å². The number of aryl methyl sites for hydroxylation is 3. The molecule has 0 radical (unpaired) electrons. The van der Waals surface area contributed by atoms with Gasteiger partial charge in [0.05, 0.1) is 36.3 Å². The molecule has 0 saturated heterocycles. The Bertz CT molecular complexity index is 1560. The molecule has 1 aromatic carbocycles. The van der Waals surface area contributed by atoms with Gasteiger partial charge in [-0.3, -0.25) is 9.48 Å². The maximum Gasteiger partial charge on any atom is 0.247 e. The number of H-pyrrole nitrogens is 1. The van der Waals surface area contributed by atoms with Gasteiger partial charge in [-0.05, 0) is 36.3 Å². The highest BCUT2D eigenvalue weighted by Crippen LogP contribution is 2.40. The Kier molecular flexibility index (Phi) is 5.66. The van der Waals surface area contributed by atoms with Gasteiger partial charge >= 0.3 is 0 Å². The lowest BCUT2D eigenvalue weighted by Gasteiger charge is -2.11. The molecule has 176 valence electrons. The van der Waals surface area contributed by atoms with Gasteiger partial charge in [0.2, 0.25) is 5.91 Å². The Balaban J connectivity index is 1.63. The number of ether oxygens (including phenoxy) is 1. The van der Waals surface area contributed by atoms with Crippen molar-refractivity contribution in [2.45, 2.75) is 13.5 Å². The number of anilines is 1. The van der Waals surface area contributed by atoms with Gasteiger partial charge in [-0.15, -0.1) is 0 Å². The number of pyridine rings is 1. The molecule has 9 heteroatoms. The molecule has 0 spiro atoms. The number of aromatic nitrogens is 6. The molecule has 0 aliphatic carbocycles. The smallest absolute Gasteiger partial charge is 0.247 e. The lowest BCUT2D eigenvalue weighted by atomic mass is 9.98. The number of hydrogen-bond acceptors (Lipinski definition) is 5. The zero-order valence-corrected chi connectivity index (χ0v) is 19.7. The first kappa shape index (κ1) is 22.1. The van der Waals surface area contributed by atoms with Crippen LogP contribution in [0.3, 0.4) is 0 Å². The third-order valence-electron chi connectivity index (χ3n) is 5.89. The molecular formula is C26H25N7O2. The third-order valence-corrected chi connectivity index (χ3v) is 5.89. The number of imidazole rings is 1. The van der Waals surface area contributed by atoms with Crippen molar-refractivity contribution in [2.75, 3.05) is 5.32 Å². The first-order chi connectivity index (χ1) is 16.9. The quantitative estimate of drug-likeness (QED) is 0.346. The summed E-state index contributed by atoms with van der Waals surface area (Å²) in [6.45, 7) is 5.88. The number of carbonyl (C=O) groups is 1. The molecule has 0 unspecified atom stereocenters. The molecule has 0 aliphatic rings.